The number of imide groups is 1. The van der Waals surface area contributed by atoms with Crippen LogP contribution < -0.4 is 15.0 Å². The van der Waals surface area contributed by atoms with Gasteiger partial charge in [-0.2, -0.15) is 0 Å². The van der Waals surface area contributed by atoms with Crippen molar-refractivity contribution in [1.82, 2.24) is 0 Å². The van der Waals surface area contributed by atoms with Crippen molar-refractivity contribution in [3.05, 3.63) is 64.8 Å². The van der Waals surface area contributed by atoms with Crippen molar-refractivity contribution < 1.29 is 14.3 Å². The summed E-state index contributed by atoms with van der Waals surface area (Å²) in [5.74, 6) is -0.320. The van der Waals surface area contributed by atoms with Gasteiger partial charge in [-0.05, 0) is 48.4 Å². The van der Waals surface area contributed by atoms with E-state index in [1.54, 1.807) is 43.5 Å². The van der Waals surface area contributed by atoms with Gasteiger partial charge in [0, 0.05) is 5.69 Å². The van der Waals surface area contributed by atoms with E-state index in [-0.39, 0.29) is 10.7 Å². The maximum atomic E-state index is 12.7. The molecular formula is C19H17ClN2O3. The quantitative estimate of drug-likeness (QED) is 0.830. The van der Waals surface area contributed by atoms with Gasteiger partial charge < -0.3 is 10.1 Å². The lowest BCUT2D eigenvalue weighted by Gasteiger charge is -2.15. The number of carbonyl (C=O) groups is 2. The minimum Gasteiger partial charge on any atom is -0.497 e. The Labute approximate surface area is 150 Å². The molecule has 1 aliphatic heterocycles. The molecule has 0 bridgehead atoms. The lowest BCUT2D eigenvalue weighted by atomic mass is 10.1. The van der Waals surface area contributed by atoms with Crippen LogP contribution in [0.5, 0.6) is 5.75 Å². The first-order valence-electron chi connectivity index (χ1n) is 7.83. The van der Waals surface area contributed by atoms with Crippen LogP contribution >= 0.6 is 11.6 Å². The Balaban J connectivity index is 1.85. The Morgan fingerprint density at radius 1 is 1.00 bits per heavy atom. The van der Waals surface area contributed by atoms with E-state index in [1.165, 1.54) is 0 Å². The molecule has 0 radical (unpaired) electrons. The highest BCUT2D eigenvalue weighted by atomic mass is 35.5. The summed E-state index contributed by atoms with van der Waals surface area (Å²) >= 11 is 6.12. The van der Waals surface area contributed by atoms with Crippen LogP contribution in [0.2, 0.25) is 0 Å². The Hall–Kier alpha value is -2.79. The number of nitrogens with one attached hydrogen (secondary N) is 1. The van der Waals surface area contributed by atoms with E-state index in [1.807, 2.05) is 19.1 Å². The molecule has 0 unspecified atom stereocenters. The van der Waals surface area contributed by atoms with Gasteiger partial charge in [0.15, 0.2) is 0 Å². The molecule has 0 atom stereocenters. The second-order valence-electron chi connectivity index (χ2n) is 5.51. The van der Waals surface area contributed by atoms with E-state index in [0.717, 1.165) is 16.9 Å². The van der Waals surface area contributed by atoms with Crippen molar-refractivity contribution in [3.63, 3.8) is 0 Å². The van der Waals surface area contributed by atoms with Crippen LogP contribution in [-0.2, 0) is 16.0 Å². The molecule has 2 aromatic carbocycles. The maximum Gasteiger partial charge on any atom is 0.283 e. The predicted octanol–water partition coefficient (Wildman–Crippen LogP) is 3.69. The molecule has 3 rings (SSSR count). The van der Waals surface area contributed by atoms with Gasteiger partial charge in [0.25, 0.3) is 11.8 Å². The van der Waals surface area contributed by atoms with E-state index in [4.69, 9.17) is 16.3 Å². The summed E-state index contributed by atoms with van der Waals surface area (Å²) in [6.07, 6.45) is 0.880. The first-order valence-corrected chi connectivity index (χ1v) is 8.21. The molecule has 128 valence electrons. The fourth-order valence-electron chi connectivity index (χ4n) is 2.55. The average molecular weight is 357 g/mol. The number of rotatable bonds is 5. The Morgan fingerprint density at radius 2 is 1.64 bits per heavy atom. The van der Waals surface area contributed by atoms with E-state index < -0.39 is 11.8 Å². The van der Waals surface area contributed by atoms with Crippen molar-refractivity contribution in [3.8, 4) is 5.75 Å². The average Bonchev–Trinajstić information content (AvgIpc) is 2.86. The van der Waals surface area contributed by atoms with Gasteiger partial charge in [0.1, 0.15) is 16.5 Å². The standard InChI is InChI=1S/C19H17ClN2O3/c1-3-12-4-8-14(9-5-12)22-18(23)16(20)17(19(22)24)21-13-6-10-15(25-2)11-7-13/h4-11,21H,3H2,1-2H3. The third-order valence-electron chi connectivity index (χ3n) is 3.99. The van der Waals surface area contributed by atoms with Crippen LogP contribution in [0.15, 0.2) is 59.3 Å². The summed E-state index contributed by atoms with van der Waals surface area (Å²) in [5.41, 5.74) is 2.32. The van der Waals surface area contributed by atoms with Crippen LogP contribution in [0.25, 0.3) is 0 Å². The van der Waals surface area contributed by atoms with Gasteiger partial charge in [-0.15, -0.1) is 0 Å². The fourth-order valence-corrected chi connectivity index (χ4v) is 2.76. The molecule has 0 aliphatic carbocycles. The summed E-state index contributed by atoms with van der Waals surface area (Å²) in [5, 5.41) is 2.80. The third-order valence-corrected chi connectivity index (χ3v) is 4.34. The molecule has 0 spiro atoms. The predicted molar refractivity (Wildman–Crippen MR) is 97.8 cm³/mol. The topological polar surface area (TPSA) is 58.6 Å². The molecule has 2 amide bonds. The zero-order valence-electron chi connectivity index (χ0n) is 13.9. The molecule has 1 N–H and O–H groups in total. The zero-order chi connectivity index (χ0) is 18.0. The Bertz CT molecular complexity index is 842. The van der Waals surface area contributed by atoms with E-state index in [9.17, 15) is 9.59 Å². The molecule has 5 nitrogen and oxygen atoms in total. The summed E-state index contributed by atoms with van der Waals surface area (Å²) < 4.78 is 5.10. The number of methoxy groups -OCH3 is 1. The first-order chi connectivity index (χ1) is 12.0. The van der Waals surface area contributed by atoms with Crippen molar-refractivity contribution in [1.29, 1.82) is 0 Å². The highest BCUT2D eigenvalue weighted by Gasteiger charge is 2.38. The maximum absolute atomic E-state index is 12.7. The molecule has 0 aromatic heterocycles. The van der Waals surface area contributed by atoms with Crippen LogP contribution in [0, 0.1) is 0 Å². The van der Waals surface area contributed by atoms with Gasteiger partial charge in [-0.1, -0.05) is 30.7 Å². The lowest BCUT2D eigenvalue weighted by molar-refractivity contribution is -0.120. The fraction of sp³-hybridized carbons (Fsp3) is 0.158. The highest BCUT2D eigenvalue weighted by molar-refractivity contribution is 6.53. The normalized spacial score (nSPS) is 14.3. The molecule has 0 fully saturated rings. The van der Waals surface area contributed by atoms with Gasteiger partial charge in [0.2, 0.25) is 0 Å². The number of hydrogen-bond acceptors (Lipinski definition) is 4. The third kappa shape index (κ3) is 3.23. The van der Waals surface area contributed by atoms with E-state index >= 15 is 0 Å². The van der Waals surface area contributed by atoms with Gasteiger partial charge >= 0.3 is 0 Å². The number of carbonyl (C=O) groups excluding carboxylic acids is 2. The molecule has 0 saturated heterocycles. The summed E-state index contributed by atoms with van der Waals surface area (Å²) in [4.78, 5) is 26.2. The SMILES string of the molecule is CCc1ccc(N2C(=O)C(Cl)=C(Nc3ccc(OC)cc3)C2=O)cc1. The number of benzene rings is 2. The van der Waals surface area contributed by atoms with E-state index in [2.05, 4.69) is 5.32 Å². The summed E-state index contributed by atoms with van der Waals surface area (Å²) in [6.45, 7) is 2.04. The zero-order valence-corrected chi connectivity index (χ0v) is 14.6. The second kappa shape index (κ2) is 6.99. The Kier molecular flexibility index (Phi) is 4.76. The monoisotopic (exact) mass is 356 g/mol. The Morgan fingerprint density at radius 3 is 2.20 bits per heavy atom. The minimum absolute atomic E-state index is 0.0661. The molecule has 2 aromatic rings. The minimum atomic E-state index is -0.535. The molecule has 25 heavy (non-hydrogen) atoms. The van der Waals surface area contributed by atoms with E-state index in [0.29, 0.717) is 17.1 Å². The molecule has 6 heteroatoms. The van der Waals surface area contributed by atoms with Gasteiger partial charge in [0.05, 0.1) is 12.8 Å². The number of halogens is 1. The molecule has 0 saturated carbocycles. The smallest absolute Gasteiger partial charge is 0.283 e. The number of ether oxygens (including phenoxy) is 1. The lowest BCUT2D eigenvalue weighted by Crippen LogP contribution is -2.32. The van der Waals surface area contributed by atoms with Gasteiger partial charge in [-0.3, -0.25) is 9.59 Å². The number of hydrogen-bond donors (Lipinski definition) is 1. The molecule has 1 heterocycles. The summed E-state index contributed by atoms with van der Waals surface area (Å²) in [6, 6.07) is 14.2. The number of nitrogens with zero attached hydrogens (tertiary/aromatic N) is 1. The number of amides is 2. The molecular weight excluding hydrogens is 340 g/mol. The number of anilines is 2. The van der Waals surface area contributed by atoms with Crippen molar-refractivity contribution in [2.75, 3.05) is 17.3 Å². The highest BCUT2D eigenvalue weighted by Crippen LogP contribution is 2.30. The van der Waals surface area contributed by atoms with Crippen molar-refractivity contribution >= 4 is 34.8 Å². The largest absolute Gasteiger partial charge is 0.497 e. The van der Waals surface area contributed by atoms with Crippen molar-refractivity contribution in [2.24, 2.45) is 0 Å². The van der Waals surface area contributed by atoms with Gasteiger partial charge in [-0.25, -0.2) is 4.90 Å². The van der Waals surface area contributed by atoms with Crippen molar-refractivity contribution in [2.45, 2.75) is 13.3 Å². The summed E-state index contributed by atoms with van der Waals surface area (Å²) in [7, 11) is 1.57. The second-order valence-corrected chi connectivity index (χ2v) is 5.89. The first kappa shape index (κ1) is 17.0. The van der Waals surface area contributed by atoms with Crippen LogP contribution in [0.1, 0.15) is 12.5 Å². The van der Waals surface area contributed by atoms with Crippen LogP contribution in [0.3, 0.4) is 0 Å². The molecule has 1 aliphatic rings. The van der Waals surface area contributed by atoms with Crippen LogP contribution in [0.4, 0.5) is 11.4 Å². The number of aryl methyl sites for hydroxylation is 1. The van der Waals surface area contributed by atoms with Crippen LogP contribution in [-0.4, -0.2) is 18.9 Å².